The molecule has 44 nitrogen and oxygen atoms in total. The van der Waals surface area contributed by atoms with E-state index in [1.807, 2.05) is 0 Å². The summed E-state index contributed by atoms with van der Waals surface area (Å²) < 4.78 is 0. The number of hydrogen-bond donors (Lipinski definition) is 20. The Kier molecular flexibility index (Phi) is 36.4. The van der Waals surface area contributed by atoms with Crippen molar-refractivity contribution in [3.63, 3.8) is 0 Å². The number of likely N-dealkylation sites (N-methyl/N-ethyl adjacent to an activating group) is 3. The van der Waals surface area contributed by atoms with Gasteiger partial charge in [-0.15, -0.1) is 11.8 Å². The molecule has 0 bridgehead atoms. The van der Waals surface area contributed by atoms with E-state index in [0.29, 0.717) is 50.3 Å². The van der Waals surface area contributed by atoms with Crippen LogP contribution >= 0.6 is 11.8 Å². The highest BCUT2D eigenvalue weighted by atomic mass is 32.2. The third kappa shape index (κ3) is 27.5. The molecule has 3 aliphatic rings. The monoisotopic (exact) mass is 1840 g/mol. The van der Waals surface area contributed by atoms with Gasteiger partial charge in [0, 0.05) is 112 Å². The third-order valence-corrected chi connectivity index (χ3v) is 24.1. The van der Waals surface area contributed by atoms with Crippen LogP contribution in [-0.4, -0.2) is 327 Å². The van der Waals surface area contributed by atoms with Crippen molar-refractivity contribution < 1.29 is 107 Å². The molecule has 0 aliphatic carbocycles. The molecule has 23 N–H and O–H groups in total. The van der Waals surface area contributed by atoms with Crippen molar-refractivity contribution in [3.8, 4) is 5.75 Å². The Bertz CT molecular complexity index is 5150. The molecule has 3 aliphatic heterocycles. The summed E-state index contributed by atoms with van der Waals surface area (Å²) in [6.07, 6.45) is 1.04. The zero-order chi connectivity index (χ0) is 95.8. The van der Waals surface area contributed by atoms with Gasteiger partial charge in [-0.2, -0.15) is 0 Å². The average Bonchev–Trinajstić information content (AvgIpc) is 1.69. The van der Waals surface area contributed by atoms with Crippen molar-refractivity contribution in [2.24, 2.45) is 23.1 Å². The van der Waals surface area contributed by atoms with Crippen LogP contribution in [0, 0.1) is 5.92 Å². The van der Waals surface area contributed by atoms with E-state index >= 15 is 33.6 Å². The largest absolute Gasteiger partial charge is 0.508 e. The Morgan fingerprint density at radius 3 is 1.72 bits per heavy atom. The van der Waals surface area contributed by atoms with Gasteiger partial charge >= 0.3 is 5.97 Å². The number of aromatic amines is 3. The SMILES string of the molecule is CC(C)C[C@@H]1NC(=O)[C@@H](Cc2c[nH]cn2)NC(=O)[C@@H]2CCCN2C(=O)[C@@H](CC(N)=O)NC(=O)C(C)N(C)C(=O)[C@H](Cc2ccc(O)cc2)NC(=O)CSC[C@H](C(=O)NCC(N)=O)NC(=O)[C@H](C)NC(=O)[C@@H](CC(=O)O)N(C)C(=O)[C@@H](CCCCN)N(C)C(=O)[C@H](Cc2c[nH]c3ccccc23)NC(=O)[C@H](CO)NC(=O)[C@@H](Cc2c[nH]c3ccccc23)NC(=O)C2C[C@@H](O)CN2C1=O. The summed E-state index contributed by atoms with van der Waals surface area (Å²) in [7, 11) is 3.47. The zero-order valence-corrected chi connectivity index (χ0v) is 74.4. The molecule has 3 saturated heterocycles. The topological polar surface area (TPSA) is 663 Å². The van der Waals surface area contributed by atoms with Gasteiger partial charge < -0.3 is 130 Å². The number of phenolic OH excluding ortho intramolecular Hbond substituents is 1. The second-order valence-corrected chi connectivity index (χ2v) is 34.3. The predicted octanol–water partition coefficient (Wildman–Crippen LogP) is -4.95. The Morgan fingerprint density at radius 2 is 1.12 bits per heavy atom. The van der Waals surface area contributed by atoms with Crippen molar-refractivity contribution in [2.45, 2.75) is 202 Å². The number of carboxylic acid groups (broad SMARTS) is 1. The van der Waals surface area contributed by atoms with Crippen LogP contribution in [0.5, 0.6) is 5.75 Å². The number of unbranched alkanes of at least 4 members (excludes halogenated alkanes) is 1. The number of primary amides is 2. The van der Waals surface area contributed by atoms with Crippen molar-refractivity contribution in [2.75, 3.05) is 65.4 Å². The summed E-state index contributed by atoms with van der Waals surface area (Å²) in [4.78, 5) is 278. The number of fused-ring (bicyclic) bond motifs is 4. The molecule has 0 saturated carbocycles. The molecule has 3 aromatic carbocycles. The van der Waals surface area contributed by atoms with Gasteiger partial charge in [-0.05, 0) is 106 Å². The number of nitrogens with zero attached hydrogens (tertiary/aromatic N) is 6. The number of aromatic hydroxyl groups is 1. The maximum absolute atomic E-state index is 15.6. The van der Waals surface area contributed by atoms with E-state index in [1.165, 1.54) is 57.8 Å². The number of aliphatic carboxylic acids is 1. The number of phenols is 1. The smallest absolute Gasteiger partial charge is 0.305 e. The summed E-state index contributed by atoms with van der Waals surface area (Å²) in [5, 5.41) is 69.8. The first-order chi connectivity index (χ1) is 62.2. The highest BCUT2D eigenvalue weighted by molar-refractivity contribution is 8.00. The predicted molar refractivity (Wildman–Crippen MR) is 472 cm³/mol. The first-order valence-electron chi connectivity index (χ1n) is 42.9. The Balaban J connectivity index is 1.08. The fraction of sp³-hybridized carbons (Fsp3) is 0.500. The number of carbonyl (C=O) groups is 18. The molecule has 45 heteroatoms. The standard InChI is InChI=1S/C86H116N22O22S/c1-44(2)27-59-85(129)108-39-52(111)32-68(108)81(125)97-57(29-48-35-91-55-17-10-8-15-53(48)55)76(120)102-63(40-109)78(122)101-61(30-49-36-92-56-18-11-9-16-54(49)56)83(127)105(6)66(19-12-13-25-87)86(130)106(7)67(34-72(115)116)80(124)95-45(3)73(117)103-64(75(119)93-38-70(89)113)41-131-42-71(114)96-60(28-47-21-23-51(110)24-22-47)82(126)104(5)46(4)74(118)99-62(33-69(88)112)84(128)107-26-14-20-65(107)79(123)98-58(77(121)100-59)31-50-37-90-43-94-50/h8-11,15-18,21-24,35-37,43-46,52,57-68,91-92,109-111H,12-14,19-20,25-34,38-42,87H2,1-7H3,(H2,88,112)(H2,89,113)(H,90,94)(H,93,119)(H,95,124)(H,96,114)(H,97,125)(H,98,123)(H,99,118)(H,100,121)(H,101,122)(H,102,120)(H,103,117)(H,115,116)/t45-,46?,52+,57+,58+,59-,60-,61-,62+,63-,64+,65-,66+,67+,68?/m0/s1. The lowest BCUT2D eigenvalue weighted by atomic mass is 10.00. The van der Waals surface area contributed by atoms with E-state index in [9.17, 15) is 73.2 Å². The van der Waals surface area contributed by atoms with Gasteiger partial charge in [0.25, 0.3) is 0 Å². The van der Waals surface area contributed by atoms with Crippen LogP contribution in [-0.2, 0) is 112 Å². The number of para-hydroxylation sites is 2. The van der Waals surface area contributed by atoms with Gasteiger partial charge in [0.2, 0.25) is 100 Å². The van der Waals surface area contributed by atoms with E-state index in [2.05, 4.69) is 73.1 Å². The van der Waals surface area contributed by atoms with E-state index in [1.54, 1.807) is 74.8 Å². The normalized spacial score (nSPS) is 25.2. The number of aromatic nitrogens is 4. The van der Waals surface area contributed by atoms with Crippen LogP contribution < -0.4 is 70.4 Å². The van der Waals surface area contributed by atoms with Crippen LogP contribution in [0.25, 0.3) is 21.8 Å². The molecule has 17 amide bonds. The number of H-pyrrole nitrogens is 3. The molecule has 9 rings (SSSR count). The second kappa shape index (κ2) is 47.1. The molecule has 0 spiro atoms. The van der Waals surface area contributed by atoms with Gasteiger partial charge in [-0.3, -0.25) is 86.3 Å². The highest BCUT2D eigenvalue weighted by Gasteiger charge is 2.47. The molecule has 15 atom stereocenters. The fourth-order valence-corrected chi connectivity index (χ4v) is 16.7. The van der Waals surface area contributed by atoms with Crippen LogP contribution in [0.2, 0.25) is 0 Å². The molecule has 6 aromatic rings. The number of aliphatic hydroxyl groups is 2. The van der Waals surface area contributed by atoms with Crippen molar-refractivity contribution in [1.29, 1.82) is 0 Å². The van der Waals surface area contributed by atoms with Crippen LogP contribution in [0.4, 0.5) is 0 Å². The first-order valence-corrected chi connectivity index (χ1v) is 44.0. The number of thioether (sulfide) groups is 1. The van der Waals surface area contributed by atoms with Gasteiger partial charge in [0.1, 0.15) is 90.3 Å². The number of carbonyl (C=O) groups excluding carboxylic acids is 17. The van der Waals surface area contributed by atoms with Crippen LogP contribution in [0.1, 0.15) is 108 Å². The van der Waals surface area contributed by atoms with E-state index < -0.39 is 248 Å². The number of benzene rings is 3. The number of hydrogen-bond acceptors (Lipinski definition) is 24. The molecule has 131 heavy (non-hydrogen) atoms. The van der Waals surface area contributed by atoms with Crippen molar-refractivity contribution in [1.82, 2.24) is 97.6 Å². The Morgan fingerprint density at radius 1 is 0.565 bits per heavy atom. The summed E-state index contributed by atoms with van der Waals surface area (Å²) in [6, 6.07) is -3.86. The van der Waals surface area contributed by atoms with Gasteiger partial charge in [-0.1, -0.05) is 62.4 Å². The number of amides is 17. The number of imidazole rings is 1. The summed E-state index contributed by atoms with van der Waals surface area (Å²) in [5.41, 5.74) is 19.7. The quantitative estimate of drug-likeness (QED) is 0.0283. The number of rotatable bonds is 22. The van der Waals surface area contributed by atoms with Gasteiger partial charge in [0.05, 0.1) is 49.9 Å². The number of aliphatic hydroxyl groups excluding tert-OH is 2. The number of nitrogens with one attached hydrogen (secondary N) is 13. The maximum atomic E-state index is 15.6. The lowest BCUT2D eigenvalue weighted by Gasteiger charge is -2.36. The molecule has 708 valence electrons. The van der Waals surface area contributed by atoms with Crippen LogP contribution in [0.15, 0.2) is 97.7 Å². The first kappa shape index (κ1) is 101. The van der Waals surface area contributed by atoms with Crippen LogP contribution in [0.3, 0.4) is 0 Å². The lowest BCUT2D eigenvalue weighted by Crippen LogP contribution is -2.62. The summed E-state index contributed by atoms with van der Waals surface area (Å²) >= 11 is 0.710. The van der Waals surface area contributed by atoms with Gasteiger partial charge in [0.15, 0.2) is 0 Å². The highest BCUT2D eigenvalue weighted by Crippen LogP contribution is 2.28. The Hall–Kier alpha value is -13.6. The summed E-state index contributed by atoms with van der Waals surface area (Å²) in [5.74, 6) is -20.6. The minimum absolute atomic E-state index is 0.0284. The van der Waals surface area contributed by atoms with Gasteiger partial charge in [-0.25, -0.2) is 4.98 Å². The Labute approximate surface area is 757 Å². The molecular formula is C86H116N22O22S. The number of carboxylic acids is 1. The molecule has 6 heterocycles. The minimum Gasteiger partial charge on any atom is -0.508 e. The molecule has 3 fully saturated rings. The molecular weight excluding hydrogens is 1730 g/mol. The zero-order valence-electron chi connectivity index (χ0n) is 73.6. The summed E-state index contributed by atoms with van der Waals surface area (Å²) in [6.45, 7) is 3.42. The number of nitrogens with two attached hydrogens (primary N) is 3. The maximum Gasteiger partial charge on any atom is 0.305 e. The molecule has 0 radical (unpaired) electrons. The van der Waals surface area contributed by atoms with E-state index in [4.69, 9.17) is 17.2 Å². The van der Waals surface area contributed by atoms with Crippen molar-refractivity contribution in [3.05, 3.63) is 120 Å². The minimum atomic E-state index is -1.97. The van der Waals surface area contributed by atoms with Crippen molar-refractivity contribution >= 4 is 140 Å². The van der Waals surface area contributed by atoms with E-state index in [-0.39, 0.29) is 94.7 Å². The van der Waals surface area contributed by atoms with E-state index in [0.717, 1.165) is 38.5 Å². The molecule has 3 aromatic heterocycles. The fourth-order valence-electron chi connectivity index (χ4n) is 15.9. The third-order valence-electron chi connectivity index (χ3n) is 23.1. The lowest BCUT2D eigenvalue weighted by molar-refractivity contribution is -0.151. The average molecular weight is 1840 g/mol. The molecule has 2 unspecified atom stereocenters. The second-order valence-electron chi connectivity index (χ2n) is 33.2.